The number of fused-ring (bicyclic) bond motifs is 1. The van der Waals surface area contributed by atoms with Crippen molar-refractivity contribution in [2.75, 3.05) is 36.4 Å². The number of carbonyl (C=O) groups is 2. The molecule has 0 aliphatic carbocycles. The van der Waals surface area contributed by atoms with E-state index in [1.165, 1.54) is 12.1 Å². The topological polar surface area (TPSA) is 65.5 Å². The molecule has 6 nitrogen and oxygen atoms in total. The van der Waals surface area contributed by atoms with E-state index in [9.17, 15) is 14.0 Å². The summed E-state index contributed by atoms with van der Waals surface area (Å²) in [5, 5.41) is 3.67. The minimum Gasteiger partial charge on any atom is -0.368 e. The zero-order valence-electron chi connectivity index (χ0n) is 20.1. The number of piperazine rings is 1. The fourth-order valence-corrected chi connectivity index (χ4v) is 4.46. The van der Waals surface area contributed by atoms with E-state index in [4.69, 9.17) is 4.98 Å². The molecule has 5 rings (SSSR count). The molecule has 0 unspecified atom stereocenters. The third-order valence-electron chi connectivity index (χ3n) is 6.49. The molecular formula is C29H27FN4O2. The number of anilines is 2. The van der Waals surface area contributed by atoms with Gasteiger partial charge in [0.25, 0.3) is 5.91 Å². The summed E-state index contributed by atoms with van der Waals surface area (Å²) in [5.41, 5.74) is 4.63. The van der Waals surface area contributed by atoms with Gasteiger partial charge in [-0.05, 0) is 48.5 Å². The Labute approximate surface area is 209 Å². The molecule has 0 atom stereocenters. The third-order valence-corrected chi connectivity index (χ3v) is 6.49. The molecule has 0 radical (unpaired) electrons. The van der Waals surface area contributed by atoms with Crippen molar-refractivity contribution in [2.45, 2.75) is 13.3 Å². The number of amides is 2. The first-order valence-corrected chi connectivity index (χ1v) is 12.1. The monoisotopic (exact) mass is 482 g/mol. The molecule has 1 aliphatic heterocycles. The van der Waals surface area contributed by atoms with E-state index in [0.29, 0.717) is 43.9 Å². The molecule has 7 heteroatoms. The van der Waals surface area contributed by atoms with Gasteiger partial charge in [-0.25, -0.2) is 9.37 Å². The average Bonchev–Trinajstić information content (AvgIpc) is 2.93. The first-order valence-electron chi connectivity index (χ1n) is 12.1. The largest absolute Gasteiger partial charge is 0.368 e. The summed E-state index contributed by atoms with van der Waals surface area (Å²) >= 11 is 0. The molecule has 4 aromatic rings. The van der Waals surface area contributed by atoms with E-state index >= 15 is 0 Å². The quantitative estimate of drug-likeness (QED) is 0.416. The number of para-hydroxylation sites is 1. The van der Waals surface area contributed by atoms with Gasteiger partial charge in [0.05, 0.1) is 16.8 Å². The van der Waals surface area contributed by atoms with Crippen LogP contribution in [0.25, 0.3) is 22.2 Å². The van der Waals surface area contributed by atoms with E-state index in [-0.39, 0.29) is 17.6 Å². The molecule has 3 aromatic carbocycles. The molecule has 36 heavy (non-hydrogen) atoms. The van der Waals surface area contributed by atoms with E-state index in [0.717, 1.165) is 27.8 Å². The van der Waals surface area contributed by atoms with Crippen molar-refractivity contribution in [3.63, 3.8) is 0 Å². The van der Waals surface area contributed by atoms with Gasteiger partial charge in [0.15, 0.2) is 0 Å². The van der Waals surface area contributed by atoms with Crippen molar-refractivity contribution in [1.29, 1.82) is 0 Å². The highest BCUT2D eigenvalue weighted by Gasteiger charge is 2.24. The summed E-state index contributed by atoms with van der Waals surface area (Å²) in [6, 6.07) is 23.5. The number of pyridine rings is 1. The van der Waals surface area contributed by atoms with Crippen LogP contribution in [0, 0.1) is 5.82 Å². The maximum atomic E-state index is 13.7. The molecular weight excluding hydrogens is 455 g/mol. The maximum absolute atomic E-state index is 13.7. The van der Waals surface area contributed by atoms with Crippen LogP contribution in [0.5, 0.6) is 0 Å². The van der Waals surface area contributed by atoms with Crippen LogP contribution < -0.4 is 10.2 Å². The summed E-state index contributed by atoms with van der Waals surface area (Å²) < 4.78 is 13.3. The van der Waals surface area contributed by atoms with Crippen molar-refractivity contribution in [3.05, 3.63) is 90.2 Å². The van der Waals surface area contributed by atoms with Gasteiger partial charge in [-0.3, -0.25) is 9.59 Å². The SMILES string of the molecule is CCC(=O)Nc1ccc(-c2cc(C(=O)N3CCN(c4ccc(F)cc4)CC3)c3ccccc3n2)cc1. The highest BCUT2D eigenvalue weighted by atomic mass is 19.1. The molecule has 1 fully saturated rings. The first kappa shape index (κ1) is 23.5. The average molecular weight is 483 g/mol. The molecule has 0 spiro atoms. The van der Waals surface area contributed by atoms with Gasteiger partial charge in [0, 0.05) is 54.9 Å². The molecule has 2 heterocycles. The fourth-order valence-electron chi connectivity index (χ4n) is 4.46. The first-order chi connectivity index (χ1) is 17.5. The maximum Gasteiger partial charge on any atom is 0.254 e. The van der Waals surface area contributed by atoms with Gasteiger partial charge in [0.1, 0.15) is 5.82 Å². The Morgan fingerprint density at radius 1 is 0.917 bits per heavy atom. The Morgan fingerprint density at radius 3 is 2.31 bits per heavy atom. The number of rotatable bonds is 5. The summed E-state index contributed by atoms with van der Waals surface area (Å²) in [6.45, 7) is 4.32. The van der Waals surface area contributed by atoms with Crippen molar-refractivity contribution in [2.24, 2.45) is 0 Å². The van der Waals surface area contributed by atoms with Gasteiger partial charge < -0.3 is 15.1 Å². The smallest absolute Gasteiger partial charge is 0.254 e. The van der Waals surface area contributed by atoms with Crippen LogP contribution in [-0.2, 0) is 4.79 Å². The summed E-state index contributed by atoms with van der Waals surface area (Å²) in [6.07, 6.45) is 0.414. The van der Waals surface area contributed by atoms with E-state index in [2.05, 4.69) is 10.2 Å². The summed E-state index contributed by atoms with van der Waals surface area (Å²) in [7, 11) is 0. The van der Waals surface area contributed by atoms with E-state index < -0.39 is 0 Å². The zero-order valence-corrected chi connectivity index (χ0v) is 20.1. The highest BCUT2D eigenvalue weighted by Crippen LogP contribution is 2.27. The standard InChI is InChI=1S/C29H27FN4O2/c1-2-28(35)31-22-11-7-20(8-12-22)27-19-25(24-5-3-4-6-26(24)32-27)29(36)34-17-15-33(16-18-34)23-13-9-21(30)10-14-23/h3-14,19H,2,15-18H2,1H3,(H,31,35). The second kappa shape index (κ2) is 10.2. The van der Waals surface area contributed by atoms with Crippen LogP contribution in [0.3, 0.4) is 0 Å². The summed E-state index contributed by atoms with van der Waals surface area (Å²) in [4.78, 5) is 34.2. The zero-order chi connectivity index (χ0) is 25.1. The molecule has 1 aromatic heterocycles. The van der Waals surface area contributed by atoms with Crippen molar-refractivity contribution in [3.8, 4) is 11.3 Å². The lowest BCUT2D eigenvalue weighted by Crippen LogP contribution is -2.48. The minimum absolute atomic E-state index is 0.0274. The van der Waals surface area contributed by atoms with E-state index in [1.807, 2.05) is 66.4 Å². The molecule has 1 saturated heterocycles. The second-order valence-corrected chi connectivity index (χ2v) is 8.81. The molecule has 1 N–H and O–H groups in total. The molecule has 182 valence electrons. The number of hydrogen-bond donors (Lipinski definition) is 1. The van der Waals surface area contributed by atoms with Gasteiger partial charge in [-0.1, -0.05) is 37.3 Å². The van der Waals surface area contributed by atoms with Crippen molar-refractivity contribution >= 4 is 34.1 Å². The summed E-state index contributed by atoms with van der Waals surface area (Å²) in [5.74, 6) is -0.326. The van der Waals surface area contributed by atoms with Crippen LogP contribution in [-0.4, -0.2) is 47.9 Å². The Bertz CT molecular complexity index is 1400. The number of carbonyl (C=O) groups excluding carboxylic acids is 2. The fraction of sp³-hybridized carbons (Fsp3) is 0.207. The van der Waals surface area contributed by atoms with Crippen LogP contribution in [0.4, 0.5) is 15.8 Å². The Hall–Kier alpha value is -4.26. The van der Waals surface area contributed by atoms with Gasteiger partial charge >= 0.3 is 0 Å². The minimum atomic E-state index is -0.256. The molecule has 2 amide bonds. The predicted octanol–water partition coefficient (Wildman–Crippen LogP) is 5.35. The number of hydrogen-bond acceptors (Lipinski definition) is 4. The van der Waals surface area contributed by atoms with Gasteiger partial charge in [0.2, 0.25) is 5.91 Å². The highest BCUT2D eigenvalue weighted by molar-refractivity contribution is 6.07. The lowest BCUT2D eigenvalue weighted by atomic mass is 10.0. The van der Waals surface area contributed by atoms with E-state index in [1.54, 1.807) is 12.1 Å². The molecule has 1 aliphatic rings. The number of halogens is 1. The van der Waals surface area contributed by atoms with Gasteiger partial charge in [-0.2, -0.15) is 0 Å². The Balaban J connectivity index is 1.39. The van der Waals surface area contributed by atoms with Crippen LogP contribution in [0.15, 0.2) is 78.9 Å². The molecule has 0 bridgehead atoms. The van der Waals surface area contributed by atoms with Crippen molar-refractivity contribution < 1.29 is 14.0 Å². The number of benzene rings is 3. The Morgan fingerprint density at radius 2 is 1.61 bits per heavy atom. The number of nitrogens with one attached hydrogen (secondary N) is 1. The Kier molecular flexibility index (Phi) is 6.62. The normalized spacial score (nSPS) is 13.6. The number of nitrogens with zero attached hydrogens (tertiary/aromatic N) is 3. The molecule has 0 saturated carbocycles. The second-order valence-electron chi connectivity index (χ2n) is 8.81. The predicted molar refractivity (Wildman–Crippen MR) is 141 cm³/mol. The number of aromatic nitrogens is 1. The third kappa shape index (κ3) is 4.91. The van der Waals surface area contributed by atoms with Crippen LogP contribution in [0.2, 0.25) is 0 Å². The lowest BCUT2D eigenvalue weighted by Gasteiger charge is -2.36. The van der Waals surface area contributed by atoms with Gasteiger partial charge in [-0.15, -0.1) is 0 Å². The van der Waals surface area contributed by atoms with Crippen LogP contribution in [0.1, 0.15) is 23.7 Å². The van der Waals surface area contributed by atoms with Crippen LogP contribution >= 0.6 is 0 Å². The lowest BCUT2D eigenvalue weighted by molar-refractivity contribution is -0.115. The van der Waals surface area contributed by atoms with Crippen molar-refractivity contribution in [1.82, 2.24) is 9.88 Å².